The Labute approximate surface area is 205 Å². The van der Waals surface area contributed by atoms with Crippen LogP contribution in [0.15, 0.2) is 66.7 Å². The van der Waals surface area contributed by atoms with Crippen molar-refractivity contribution in [2.45, 2.75) is 32.6 Å². The fraction of sp³-hybridized carbons (Fsp3) is 0.379. The Kier molecular flexibility index (Phi) is 11.8. The molecule has 0 saturated carbocycles. The van der Waals surface area contributed by atoms with Gasteiger partial charge in [0.2, 0.25) is 0 Å². The van der Waals surface area contributed by atoms with E-state index in [9.17, 15) is 0 Å². The van der Waals surface area contributed by atoms with Crippen LogP contribution in [0.1, 0.15) is 42.9 Å². The Morgan fingerprint density at radius 1 is 0.647 bits per heavy atom. The van der Waals surface area contributed by atoms with Gasteiger partial charge in [-0.1, -0.05) is 44.2 Å². The monoisotopic (exact) mass is 465 g/mol. The zero-order valence-electron chi connectivity index (χ0n) is 21.4. The third-order valence-electron chi connectivity index (χ3n) is 5.69. The molecule has 0 atom stereocenters. The first-order valence-corrected chi connectivity index (χ1v) is 11.8. The van der Waals surface area contributed by atoms with Gasteiger partial charge in [-0.15, -0.1) is 0 Å². The van der Waals surface area contributed by atoms with Crippen LogP contribution in [0.25, 0.3) is 0 Å². The summed E-state index contributed by atoms with van der Waals surface area (Å²) in [5.41, 5.74) is 3.42. The predicted octanol–water partition coefficient (Wildman–Crippen LogP) is 6.10. The molecule has 0 aliphatic carbocycles. The first-order valence-electron chi connectivity index (χ1n) is 11.8. The third kappa shape index (κ3) is 7.70. The zero-order valence-corrected chi connectivity index (χ0v) is 21.4. The lowest BCUT2D eigenvalue weighted by Gasteiger charge is -2.23. The maximum Gasteiger partial charge on any atom is 0.122 e. The topological polar surface area (TPSA) is 49.0 Å². The van der Waals surface area contributed by atoms with Crippen molar-refractivity contribution in [3.8, 4) is 23.0 Å². The minimum Gasteiger partial charge on any atom is -0.497 e. The number of hydrogen-bond donors (Lipinski definition) is 1. The van der Waals surface area contributed by atoms with Crippen LogP contribution >= 0.6 is 0 Å². The Bertz CT molecular complexity index is 918. The molecule has 3 aromatic rings. The van der Waals surface area contributed by atoms with Crippen LogP contribution in [0, 0.1) is 0 Å². The van der Waals surface area contributed by atoms with E-state index >= 15 is 0 Å². The van der Waals surface area contributed by atoms with Gasteiger partial charge < -0.3 is 24.3 Å². The Morgan fingerprint density at radius 3 is 1.53 bits per heavy atom. The lowest BCUT2D eigenvalue weighted by atomic mass is 9.85. The van der Waals surface area contributed by atoms with Crippen molar-refractivity contribution in [3.05, 3.63) is 83.4 Å². The first kappa shape index (κ1) is 27.1. The number of hydrogen-bond acceptors (Lipinski definition) is 5. The van der Waals surface area contributed by atoms with E-state index in [2.05, 4.69) is 43.4 Å². The van der Waals surface area contributed by atoms with E-state index in [4.69, 9.17) is 18.9 Å². The lowest BCUT2D eigenvalue weighted by molar-refractivity contribution is 0.388. The number of benzene rings is 3. The van der Waals surface area contributed by atoms with Crippen LogP contribution in [-0.2, 0) is 6.42 Å². The van der Waals surface area contributed by atoms with Gasteiger partial charge in [-0.25, -0.2) is 0 Å². The van der Waals surface area contributed by atoms with E-state index in [-0.39, 0.29) is 5.92 Å². The molecule has 0 bridgehead atoms. The minimum absolute atomic E-state index is 0.0466. The summed E-state index contributed by atoms with van der Waals surface area (Å²) in [6, 6.07) is 22.3. The number of nitrogens with one attached hydrogen (secondary N) is 1. The second-order valence-corrected chi connectivity index (χ2v) is 7.75. The van der Waals surface area contributed by atoms with Gasteiger partial charge in [-0.05, 0) is 67.9 Å². The number of ether oxygens (including phenoxy) is 4. The Morgan fingerprint density at radius 2 is 1.15 bits per heavy atom. The van der Waals surface area contributed by atoms with Crippen LogP contribution in [-0.4, -0.2) is 41.5 Å². The van der Waals surface area contributed by atoms with Gasteiger partial charge in [-0.2, -0.15) is 0 Å². The SMILES string of the molecule is CCNCC.COc1ccc(OC)c(C(CCc2ccccc2)c2cc(OC)ccc2OC)c1. The molecule has 3 rings (SSSR count). The standard InChI is InChI=1S/C25H28O4.C4H11N/c1-26-19-11-14-24(28-3)22(16-19)21(13-10-18-8-6-5-7-9-18)23-17-20(27-2)12-15-25(23)29-4;1-3-5-4-2/h5-9,11-12,14-17,21H,10,13H2,1-4H3;5H,3-4H2,1-2H3. The molecule has 5 nitrogen and oxygen atoms in total. The highest BCUT2D eigenvalue weighted by molar-refractivity contribution is 5.52. The van der Waals surface area contributed by atoms with Crippen molar-refractivity contribution in [1.29, 1.82) is 0 Å². The summed E-state index contributed by atoms with van der Waals surface area (Å²) < 4.78 is 22.4. The number of aryl methyl sites for hydroxylation is 1. The molecule has 0 radical (unpaired) electrons. The lowest BCUT2D eigenvalue weighted by Crippen LogP contribution is -2.09. The fourth-order valence-electron chi connectivity index (χ4n) is 3.91. The number of rotatable bonds is 11. The van der Waals surface area contributed by atoms with E-state index in [1.807, 2.05) is 42.5 Å². The molecular formula is C29H39NO4. The average molecular weight is 466 g/mol. The summed E-state index contributed by atoms with van der Waals surface area (Å²) in [7, 11) is 6.75. The summed E-state index contributed by atoms with van der Waals surface area (Å²) in [5.74, 6) is 3.30. The Balaban J connectivity index is 0.000000739. The molecule has 0 aliphatic heterocycles. The molecule has 0 saturated heterocycles. The van der Waals surface area contributed by atoms with E-state index in [1.165, 1.54) is 5.56 Å². The summed E-state index contributed by atoms with van der Waals surface area (Å²) >= 11 is 0. The maximum atomic E-state index is 5.70. The van der Waals surface area contributed by atoms with Gasteiger partial charge in [0.25, 0.3) is 0 Å². The molecule has 0 aromatic heterocycles. The summed E-state index contributed by atoms with van der Waals surface area (Å²) in [6.45, 7) is 6.39. The van der Waals surface area contributed by atoms with E-state index in [1.54, 1.807) is 28.4 Å². The largest absolute Gasteiger partial charge is 0.497 e. The normalized spacial score (nSPS) is 10.3. The van der Waals surface area contributed by atoms with Crippen LogP contribution < -0.4 is 24.3 Å². The molecule has 3 aromatic carbocycles. The molecular weight excluding hydrogens is 426 g/mol. The maximum absolute atomic E-state index is 5.70. The van der Waals surface area contributed by atoms with Gasteiger partial charge in [-0.3, -0.25) is 0 Å². The van der Waals surface area contributed by atoms with Crippen LogP contribution in [0.3, 0.4) is 0 Å². The molecule has 0 fully saturated rings. The molecule has 184 valence electrons. The highest BCUT2D eigenvalue weighted by Crippen LogP contribution is 2.42. The van der Waals surface area contributed by atoms with Crippen LogP contribution in [0.2, 0.25) is 0 Å². The fourth-order valence-corrected chi connectivity index (χ4v) is 3.91. The van der Waals surface area contributed by atoms with Gasteiger partial charge in [0, 0.05) is 17.0 Å². The second-order valence-electron chi connectivity index (χ2n) is 7.75. The van der Waals surface area contributed by atoms with Crippen molar-refractivity contribution in [2.24, 2.45) is 0 Å². The van der Waals surface area contributed by atoms with Crippen molar-refractivity contribution in [2.75, 3.05) is 41.5 Å². The number of methoxy groups -OCH3 is 4. The summed E-state index contributed by atoms with van der Waals surface area (Å²) in [5, 5.41) is 3.11. The average Bonchev–Trinajstić information content (AvgIpc) is 2.90. The molecule has 0 unspecified atom stereocenters. The van der Waals surface area contributed by atoms with Crippen molar-refractivity contribution in [1.82, 2.24) is 5.32 Å². The van der Waals surface area contributed by atoms with E-state index in [0.717, 1.165) is 60.1 Å². The molecule has 1 N–H and O–H groups in total. The highest BCUT2D eigenvalue weighted by Gasteiger charge is 2.23. The van der Waals surface area contributed by atoms with Gasteiger partial charge in [0.15, 0.2) is 0 Å². The molecule has 0 amide bonds. The van der Waals surface area contributed by atoms with Gasteiger partial charge in [0.05, 0.1) is 28.4 Å². The summed E-state index contributed by atoms with van der Waals surface area (Å²) in [4.78, 5) is 0. The first-order chi connectivity index (χ1) is 16.6. The quantitative estimate of drug-likeness (QED) is 0.371. The Hall–Kier alpha value is -3.18. The highest BCUT2D eigenvalue weighted by atomic mass is 16.5. The molecule has 0 spiro atoms. The third-order valence-corrected chi connectivity index (χ3v) is 5.69. The van der Waals surface area contributed by atoms with Crippen molar-refractivity contribution >= 4 is 0 Å². The van der Waals surface area contributed by atoms with Crippen LogP contribution in [0.4, 0.5) is 0 Å². The predicted molar refractivity (Wildman–Crippen MR) is 140 cm³/mol. The minimum atomic E-state index is 0.0466. The molecule has 0 aliphatic rings. The van der Waals surface area contributed by atoms with Gasteiger partial charge >= 0.3 is 0 Å². The molecule has 5 heteroatoms. The van der Waals surface area contributed by atoms with Crippen LogP contribution in [0.5, 0.6) is 23.0 Å². The van der Waals surface area contributed by atoms with Crippen molar-refractivity contribution < 1.29 is 18.9 Å². The second kappa shape index (κ2) is 14.9. The molecule has 34 heavy (non-hydrogen) atoms. The summed E-state index contributed by atoms with van der Waals surface area (Å²) in [6.07, 6.45) is 1.81. The molecule has 0 heterocycles. The smallest absolute Gasteiger partial charge is 0.122 e. The van der Waals surface area contributed by atoms with Crippen molar-refractivity contribution in [3.63, 3.8) is 0 Å². The van der Waals surface area contributed by atoms with E-state index in [0.29, 0.717) is 0 Å². The zero-order chi connectivity index (χ0) is 24.8. The van der Waals surface area contributed by atoms with Gasteiger partial charge in [0.1, 0.15) is 23.0 Å². The van der Waals surface area contributed by atoms with E-state index < -0.39 is 0 Å².